The normalized spacial score (nSPS) is 12.6. The third kappa shape index (κ3) is 2.54. The molecule has 5 aromatic rings. The van der Waals surface area contributed by atoms with Gasteiger partial charge in [-0.2, -0.15) is 0 Å². The van der Waals surface area contributed by atoms with Crippen LogP contribution in [-0.4, -0.2) is 24.6 Å². The number of nitrogens with one attached hydrogen (secondary N) is 2. The fourth-order valence-electron chi connectivity index (χ4n) is 3.44. The number of imidazole rings is 2. The van der Waals surface area contributed by atoms with Gasteiger partial charge in [0.25, 0.3) is 0 Å². The lowest BCUT2D eigenvalue weighted by Gasteiger charge is -2.14. The largest absolute Gasteiger partial charge is 0.380 e. The summed E-state index contributed by atoms with van der Waals surface area (Å²) in [5, 5.41) is 11.0. The highest BCUT2D eigenvalue weighted by atomic mass is 16.3. The summed E-state index contributed by atoms with van der Waals surface area (Å²) in [6, 6.07) is 22.8. The van der Waals surface area contributed by atoms with Gasteiger partial charge in [-0.1, -0.05) is 42.5 Å². The average Bonchev–Trinajstić information content (AvgIpc) is 3.27. The van der Waals surface area contributed by atoms with Gasteiger partial charge in [0, 0.05) is 5.69 Å². The SMILES string of the molecule is O=c1[nH]c2ccc(-n3c(C(O)c4ccccc4)nc4ccccc43)cc2[nH]1. The maximum atomic E-state index is 11.6. The van der Waals surface area contributed by atoms with E-state index in [1.165, 1.54) is 0 Å². The highest BCUT2D eigenvalue weighted by Crippen LogP contribution is 2.29. The van der Waals surface area contributed by atoms with Gasteiger partial charge in [-0.3, -0.25) is 4.57 Å². The van der Waals surface area contributed by atoms with Crippen LogP contribution in [0.1, 0.15) is 17.5 Å². The topological polar surface area (TPSA) is 86.7 Å². The van der Waals surface area contributed by atoms with Crippen molar-refractivity contribution in [3.8, 4) is 5.69 Å². The first-order valence-corrected chi connectivity index (χ1v) is 8.63. The average molecular weight is 356 g/mol. The van der Waals surface area contributed by atoms with Crippen molar-refractivity contribution < 1.29 is 5.11 Å². The maximum Gasteiger partial charge on any atom is 0.323 e. The molecule has 0 radical (unpaired) electrons. The Morgan fingerprint density at radius 1 is 0.889 bits per heavy atom. The van der Waals surface area contributed by atoms with E-state index in [9.17, 15) is 9.90 Å². The number of benzene rings is 3. The molecule has 6 nitrogen and oxygen atoms in total. The maximum absolute atomic E-state index is 11.6. The molecule has 1 atom stereocenters. The molecule has 0 aliphatic rings. The van der Waals surface area contributed by atoms with Gasteiger partial charge in [0.1, 0.15) is 11.9 Å². The molecule has 2 heterocycles. The summed E-state index contributed by atoms with van der Waals surface area (Å²) >= 11 is 0. The second-order valence-electron chi connectivity index (χ2n) is 6.42. The van der Waals surface area contributed by atoms with Crippen LogP contribution in [0.4, 0.5) is 0 Å². The molecule has 2 aromatic heterocycles. The second kappa shape index (κ2) is 5.96. The summed E-state index contributed by atoms with van der Waals surface area (Å²) in [6.07, 6.45) is -0.875. The van der Waals surface area contributed by atoms with Gasteiger partial charge in [-0.15, -0.1) is 0 Å². The standard InChI is InChI=1S/C21H16N4O2/c26-19(13-6-2-1-3-7-13)20-22-16-8-4-5-9-18(16)25(20)14-10-11-15-17(12-14)24-21(27)23-15/h1-12,19,26H,(H2,23,24,27). The molecular weight excluding hydrogens is 340 g/mol. The highest BCUT2D eigenvalue weighted by Gasteiger charge is 2.21. The van der Waals surface area contributed by atoms with Crippen LogP contribution in [0.2, 0.25) is 0 Å². The minimum atomic E-state index is -0.875. The quantitative estimate of drug-likeness (QED) is 0.464. The molecule has 27 heavy (non-hydrogen) atoms. The van der Waals surface area contributed by atoms with Crippen LogP contribution in [-0.2, 0) is 0 Å². The van der Waals surface area contributed by atoms with Gasteiger partial charge in [-0.05, 0) is 35.9 Å². The molecule has 5 rings (SSSR count). The van der Waals surface area contributed by atoms with E-state index in [1.807, 2.05) is 77.4 Å². The zero-order valence-corrected chi connectivity index (χ0v) is 14.3. The Bertz CT molecular complexity index is 1310. The van der Waals surface area contributed by atoms with E-state index in [0.717, 1.165) is 27.8 Å². The summed E-state index contributed by atoms with van der Waals surface area (Å²) in [6.45, 7) is 0. The molecule has 0 saturated carbocycles. The van der Waals surface area contributed by atoms with Crippen molar-refractivity contribution in [3.05, 3.63) is 94.7 Å². The predicted octanol–water partition coefficient (Wildman–Crippen LogP) is 3.28. The molecule has 6 heteroatoms. The van der Waals surface area contributed by atoms with E-state index in [-0.39, 0.29) is 5.69 Å². The van der Waals surface area contributed by atoms with E-state index < -0.39 is 6.10 Å². The Kier molecular flexibility index (Phi) is 3.45. The number of aromatic amines is 2. The van der Waals surface area contributed by atoms with E-state index >= 15 is 0 Å². The number of aliphatic hydroxyl groups excluding tert-OH is 1. The van der Waals surface area contributed by atoms with Crippen LogP contribution >= 0.6 is 0 Å². The molecule has 0 aliphatic heterocycles. The molecule has 1 unspecified atom stereocenters. The lowest BCUT2D eigenvalue weighted by atomic mass is 10.1. The monoisotopic (exact) mass is 356 g/mol. The summed E-state index contributed by atoms with van der Waals surface area (Å²) in [5.74, 6) is 0.527. The van der Waals surface area contributed by atoms with Gasteiger partial charge in [0.2, 0.25) is 0 Å². The molecule has 0 fully saturated rings. The number of hydrogen-bond acceptors (Lipinski definition) is 3. The van der Waals surface area contributed by atoms with Crippen LogP contribution in [0.15, 0.2) is 77.6 Å². The lowest BCUT2D eigenvalue weighted by Crippen LogP contribution is -2.08. The van der Waals surface area contributed by atoms with Gasteiger partial charge >= 0.3 is 5.69 Å². The van der Waals surface area contributed by atoms with E-state index in [0.29, 0.717) is 11.3 Å². The number of fused-ring (bicyclic) bond motifs is 2. The Labute approximate surface area is 153 Å². The van der Waals surface area contributed by atoms with Crippen molar-refractivity contribution >= 4 is 22.1 Å². The zero-order valence-electron chi connectivity index (χ0n) is 14.3. The second-order valence-corrected chi connectivity index (χ2v) is 6.42. The molecule has 0 spiro atoms. The van der Waals surface area contributed by atoms with Crippen molar-refractivity contribution in [3.63, 3.8) is 0 Å². The van der Waals surface area contributed by atoms with Gasteiger partial charge < -0.3 is 15.1 Å². The summed E-state index contributed by atoms with van der Waals surface area (Å²) in [7, 11) is 0. The third-order valence-corrected chi connectivity index (χ3v) is 4.70. The first-order valence-electron chi connectivity index (χ1n) is 8.63. The van der Waals surface area contributed by atoms with E-state index in [2.05, 4.69) is 15.0 Å². The zero-order chi connectivity index (χ0) is 18.4. The Balaban J connectivity index is 1.77. The molecule has 3 aromatic carbocycles. The van der Waals surface area contributed by atoms with Crippen LogP contribution in [0.3, 0.4) is 0 Å². The van der Waals surface area contributed by atoms with Gasteiger partial charge in [0.05, 0.1) is 22.1 Å². The van der Waals surface area contributed by atoms with Gasteiger partial charge in [0.15, 0.2) is 0 Å². The lowest BCUT2D eigenvalue weighted by molar-refractivity contribution is 0.208. The molecular formula is C21H16N4O2. The van der Waals surface area contributed by atoms with Crippen LogP contribution < -0.4 is 5.69 Å². The minimum absolute atomic E-state index is 0.248. The Morgan fingerprint density at radius 2 is 1.63 bits per heavy atom. The number of nitrogens with zero attached hydrogens (tertiary/aromatic N) is 2. The first-order chi connectivity index (χ1) is 13.2. The van der Waals surface area contributed by atoms with Crippen LogP contribution in [0, 0.1) is 0 Å². The number of H-pyrrole nitrogens is 2. The van der Waals surface area contributed by atoms with E-state index in [1.54, 1.807) is 0 Å². The molecule has 0 bridgehead atoms. The molecule has 0 saturated heterocycles. The fraction of sp³-hybridized carbons (Fsp3) is 0.0476. The van der Waals surface area contributed by atoms with Crippen LogP contribution in [0.25, 0.3) is 27.8 Å². The minimum Gasteiger partial charge on any atom is -0.380 e. The molecule has 0 amide bonds. The van der Waals surface area contributed by atoms with Crippen LogP contribution in [0.5, 0.6) is 0 Å². The van der Waals surface area contributed by atoms with Crippen molar-refractivity contribution in [2.45, 2.75) is 6.10 Å². The number of aliphatic hydroxyl groups is 1. The molecule has 132 valence electrons. The Morgan fingerprint density at radius 3 is 2.48 bits per heavy atom. The summed E-state index contributed by atoms with van der Waals surface area (Å²) < 4.78 is 1.93. The first kappa shape index (κ1) is 15.6. The smallest absolute Gasteiger partial charge is 0.323 e. The molecule has 0 aliphatic carbocycles. The van der Waals surface area contributed by atoms with Crippen molar-refractivity contribution in [2.24, 2.45) is 0 Å². The number of aromatic nitrogens is 4. The van der Waals surface area contributed by atoms with Crippen molar-refractivity contribution in [1.82, 2.24) is 19.5 Å². The van der Waals surface area contributed by atoms with Crippen molar-refractivity contribution in [1.29, 1.82) is 0 Å². The number of hydrogen-bond donors (Lipinski definition) is 3. The summed E-state index contributed by atoms with van der Waals surface area (Å²) in [4.78, 5) is 21.8. The summed E-state index contributed by atoms with van der Waals surface area (Å²) in [5.41, 5.74) is 4.46. The number of para-hydroxylation sites is 2. The fourth-order valence-corrected chi connectivity index (χ4v) is 3.44. The van der Waals surface area contributed by atoms with Crippen molar-refractivity contribution in [2.75, 3.05) is 0 Å². The predicted molar refractivity (Wildman–Crippen MR) is 104 cm³/mol. The third-order valence-electron chi connectivity index (χ3n) is 4.70. The van der Waals surface area contributed by atoms with E-state index in [4.69, 9.17) is 0 Å². The Hall–Kier alpha value is -3.64. The highest BCUT2D eigenvalue weighted by molar-refractivity contribution is 5.81. The number of rotatable bonds is 3. The van der Waals surface area contributed by atoms with Gasteiger partial charge in [-0.25, -0.2) is 9.78 Å². The molecule has 3 N–H and O–H groups in total.